The molecule has 1 aromatic heterocycles. The molecule has 3 heteroatoms. The maximum atomic E-state index is 3.46. The van der Waals surface area contributed by atoms with E-state index >= 15 is 0 Å². The number of benzene rings is 1. The third kappa shape index (κ3) is 2.48. The van der Waals surface area contributed by atoms with Gasteiger partial charge in [0, 0.05) is 36.7 Å². The van der Waals surface area contributed by atoms with E-state index in [1.165, 1.54) is 46.9 Å². The molecule has 2 N–H and O–H groups in total. The number of nitrogens with one attached hydrogen (secondary N) is 2. The Morgan fingerprint density at radius 2 is 2.05 bits per heavy atom. The molecule has 3 nitrogen and oxygen atoms in total. The quantitative estimate of drug-likeness (QED) is 0.791. The fourth-order valence-electron chi connectivity index (χ4n) is 3.24. The van der Waals surface area contributed by atoms with Crippen molar-refractivity contribution in [3.8, 4) is 0 Å². The molecule has 0 saturated carbocycles. The van der Waals surface area contributed by atoms with Crippen LogP contribution in [0.1, 0.15) is 36.5 Å². The molecular weight excluding hydrogens is 246 g/mol. The lowest BCUT2D eigenvalue weighted by Gasteiger charge is -2.05. The Hall–Kier alpha value is -1.32. The normalized spacial score (nSPS) is 14.1. The number of hydrogen-bond acceptors (Lipinski definition) is 2. The van der Waals surface area contributed by atoms with Crippen LogP contribution in [0.2, 0.25) is 0 Å². The zero-order valence-electron chi connectivity index (χ0n) is 12.6. The van der Waals surface area contributed by atoms with Crippen LogP contribution in [0.5, 0.6) is 0 Å². The van der Waals surface area contributed by atoms with Gasteiger partial charge in [0.15, 0.2) is 0 Å². The minimum absolute atomic E-state index is 1.03. The monoisotopic (exact) mass is 271 g/mol. The van der Waals surface area contributed by atoms with E-state index in [-0.39, 0.29) is 0 Å². The minimum atomic E-state index is 1.03. The standard InChI is InChI=1S/C17H25N3/c1-3-7-20-12-13(5-4-6-18-2)16-8-14-10-19-11-15(14)9-17(16)20/h8-9,12,18-19H,3-7,10-11H2,1-2H3. The van der Waals surface area contributed by atoms with Crippen molar-refractivity contribution in [3.05, 3.63) is 35.0 Å². The number of rotatable bonds is 6. The molecule has 0 saturated heterocycles. The molecular formula is C17H25N3. The molecule has 2 heterocycles. The highest BCUT2D eigenvalue weighted by atomic mass is 15.0. The summed E-state index contributed by atoms with van der Waals surface area (Å²) in [6, 6.07) is 4.83. The van der Waals surface area contributed by atoms with Gasteiger partial charge in [-0.3, -0.25) is 0 Å². The van der Waals surface area contributed by atoms with Gasteiger partial charge in [-0.1, -0.05) is 6.92 Å². The summed E-state index contributed by atoms with van der Waals surface area (Å²) in [6.07, 6.45) is 5.94. The van der Waals surface area contributed by atoms with E-state index in [1.807, 2.05) is 7.05 Å². The van der Waals surface area contributed by atoms with Crippen molar-refractivity contribution < 1.29 is 0 Å². The van der Waals surface area contributed by atoms with Gasteiger partial charge < -0.3 is 15.2 Å². The third-order valence-electron chi connectivity index (χ3n) is 4.25. The van der Waals surface area contributed by atoms with Crippen molar-refractivity contribution in [1.29, 1.82) is 0 Å². The largest absolute Gasteiger partial charge is 0.347 e. The zero-order chi connectivity index (χ0) is 13.9. The molecule has 2 aromatic rings. The molecule has 0 atom stereocenters. The summed E-state index contributed by atoms with van der Waals surface area (Å²) in [5.74, 6) is 0. The SMILES string of the molecule is CCCn1cc(CCCNC)c2cc3c(cc21)CNC3. The van der Waals surface area contributed by atoms with E-state index in [2.05, 4.69) is 40.5 Å². The Balaban J connectivity index is 2.00. The van der Waals surface area contributed by atoms with Crippen LogP contribution in [0.4, 0.5) is 0 Å². The molecule has 0 bridgehead atoms. The van der Waals surface area contributed by atoms with Gasteiger partial charge >= 0.3 is 0 Å². The van der Waals surface area contributed by atoms with Crippen molar-refractivity contribution >= 4 is 10.9 Å². The number of fused-ring (bicyclic) bond motifs is 2. The van der Waals surface area contributed by atoms with Crippen molar-refractivity contribution in [3.63, 3.8) is 0 Å². The highest BCUT2D eigenvalue weighted by molar-refractivity contribution is 5.86. The summed E-state index contributed by atoms with van der Waals surface area (Å²) >= 11 is 0. The van der Waals surface area contributed by atoms with E-state index in [1.54, 1.807) is 0 Å². The van der Waals surface area contributed by atoms with E-state index < -0.39 is 0 Å². The predicted octanol–water partition coefficient (Wildman–Crippen LogP) is 2.81. The van der Waals surface area contributed by atoms with Gasteiger partial charge in [0.2, 0.25) is 0 Å². The molecule has 1 aromatic carbocycles. The fourth-order valence-corrected chi connectivity index (χ4v) is 3.24. The Kier molecular flexibility index (Phi) is 4.08. The fraction of sp³-hybridized carbons (Fsp3) is 0.529. The molecule has 0 amide bonds. The van der Waals surface area contributed by atoms with E-state index in [9.17, 15) is 0 Å². The Morgan fingerprint density at radius 1 is 1.25 bits per heavy atom. The van der Waals surface area contributed by atoms with Gasteiger partial charge in [-0.15, -0.1) is 0 Å². The van der Waals surface area contributed by atoms with Crippen molar-refractivity contribution in [1.82, 2.24) is 15.2 Å². The molecule has 0 spiro atoms. The van der Waals surface area contributed by atoms with Gasteiger partial charge in [-0.25, -0.2) is 0 Å². The molecule has 1 aliphatic rings. The first-order valence-electron chi connectivity index (χ1n) is 7.82. The molecule has 0 radical (unpaired) electrons. The maximum absolute atomic E-state index is 3.46. The average Bonchev–Trinajstić information content (AvgIpc) is 3.03. The maximum Gasteiger partial charge on any atom is 0.0486 e. The second-order valence-electron chi connectivity index (χ2n) is 5.80. The van der Waals surface area contributed by atoms with Gasteiger partial charge in [0.25, 0.3) is 0 Å². The molecule has 1 aliphatic heterocycles. The van der Waals surface area contributed by atoms with E-state index in [4.69, 9.17) is 0 Å². The van der Waals surface area contributed by atoms with Gasteiger partial charge in [0.1, 0.15) is 0 Å². The Labute approximate surface area is 121 Å². The van der Waals surface area contributed by atoms with E-state index in [0.717, 1.165) is 26.2 Å². The topological polar surface area (TPSA) is 29.0 Å². The van der Waals surface area contributed by atoms with Crippen LogP contribution in [0, 0.1) is 0 Å². The number of aryl methyl sites for hydroxylation is 2. The molecule has 20 heavy (non-hydrogen) atoms. The van der Waals surface area contributed by atoms with Crippen molar-refractivity contribution in [2.45, 2.75) is 45.8 Å². The minimum Gasteiger partial charge on any atom is -0.347 e. The number of nitrogens with zero attached hydrogens (tertiary/aromatic N) is 1. The highest BCUT2D eigenvalue weighted by Crippen LogP contribution is 2.28. The summed E-state index contributed by atoms with van der Waals surface area (Å²) in [5, 5.41) is 8.17. The van der Waals surface area contributed by atoms with Crippen molar-refractivity contribution in [2.24, 2.45) is 0 Å². The first-order chi connectivity index (χ1) is 9.83. The van der Waals surface area contributed by atoms with Crippen LogP contribution < -0.4 is 10.6 Å². The van der Waals surface area contributed by atoms with Crippen LogP contribution in [0.15, 0.2) is 18.3 Å². The summed E-state index contributed by atoms with van der Waals surface area (Å²) < 4.78 is 2.45. The molecule has 0 unspecified atom stereocenters. The lowest BCUT2D eigenvalue weighted by Crippen LogP contribution is -2.08. The van der Waals surface area contributed by atoms with Crippen LogP contribution in [0.3, 0.4) is 0 Å². The zero-order valence-corrected chi connectivity index (χ0v) is 12.6. The Bertz CT molecular complexity index is 598. The predicted molar refractivity (Wildman–Crippen MR) is 85.0 cm³/mol. The first-order valence-corrected chi connectivity index (χ1v) is 7.82. The number of hydrogen-bond donors (Lipinski definition) is 2. The van der Waals surface area contributed by atoms with Crippen LogP contribution in [0.25, 0.3) is 10.9 Å². The Morgan fingerprint density at radius 3 is 2.80 bits per heavy atom. The second-order valence-corrected chi connectivity index (χ2v) is 5.80. The summed E-state index contributed by atoms with van der Waals surface area (Å²) in [7, 11) is 2.03. The summed E-state index contributed by atoms with van der Waals surface area (Å²) in [6.45, 7) is 6.51. The summed E-state index contributed by atoms with van der Waals surface area (Å²) in [4.78, 5) is 0. The lowest BCUT2D eigenvalue weighted by molar-refractivity contribution is 0.693. The van der Waals surface area contributed by atoms with Crippen LogP contribution >= 0.6 is 0 Å². The lowest BCUT2D eigenvalue weighted by atomic mass is 10.0. The molecule has 108 valence electrons. The van der Waals surface area contributed by atoms with Gasteiger partial charge in [-0.2, -0.15) is 0 Å². The molecule has 3 rings (SSSR count). The first kappa shape index (κ1) is 13.7. The third-order valence-corrected chi connectivity index (χ3v) is 4.25. The van der Waals surface area contributed by atoms with Crippen LogP contribution in [-0.2, 0) is 26.1 Å². The smallest absolute Gasteiger partial charge is 0.0486 e. The second kappa shape index (κ2) is 5.98. The highest BCUT2D eigenvalue weighted by Gasteiger charge is 2.15. The van der Waals surface area contributed by atoms with E-state index in [0.29, 0.717) is 0 Å². The molecule has 0 fully saturated rings. The van der Waals surface area contributed by atoms with Gasteiger partial charge in [0.05, 0.1) is 0 Å². The van der Waals surface area contributed by atoms with Crippen LogP contribution in [-0.4, -0.2) is 18.2 Å². The number of aromatic nitrogens is 1. The summed E-state index contributed by atoms with van der Waals surface area (Å²) in [5.41, 5.74) is 5.91. The molecule has 0 aliphatic carbocycles. The van der Waals surface area contributed by atoms with Gasteiger partial charge in [-0.05, 0) is 61.7 Å². The van der Waals surface area contributed by atoms with Crippen molar-refractivity contribution in [2.75, 3.05) is 13.6 Å². The average molecular weight is 271 g/mol.